The fraction of sp³-hybridized carbons (Fsp3) is 0.478. The van der Waals surface area contributed by atoms with Crippen molar-refractivity contribution in [3.05, 3.63) is 46.1 Å². The first-order chi connectivity index (χ1) is 17.0. The van der Waals surface area contributed by atoms with E-state index in [4.69, 9.17) is 9.72 Å². The second-order valence-electron chi connectivity index (χ2n) is 9.07. The number of urea groups is 1. The Kier molecular flexibility index (Phi) is 6.94. The molecule has 0 radical (unpaired) electrons. The smallest absolute Gasteiger partial charge is 0.378 e. The monoisotopic (exact) mass is 507 g/mol. The molecule has 2 atom stereocenters. The molecule has 1 saturated heterocycles. The minimum Gasteiger partial charge on any atom is -0.378 e. The molecule has 194 valence electrons. The average molecular weight is 508 g/mol. The Labute approximate surface area is 205 Å². The number of halogens is 3. The summed E-state index contributed by atoms with van der Waals surface area (Å²) in [5.74, 6) is 0.738. The number of aromatic amines is 1. The van der Waals surface area contributed by atoms with E-state index in [0.29, 0.717) is 44.0 Å². The minimum atomic E-state index is -4.64. The molecule has 4 rings (SSSR count). The Morgan fingerprint density at radius 3 is 2.78 bits per heavy atom. The largest absolute Gasteiger partial charge is 0.417 e. The summed E-state index contributed by atoms with van der Waals surface area (Å²) in [4.78, 5) is 41.0. The lowest BCUT2D eigenvalue weighted by atomic mass is 9.93. The molecule has 2 amide bonds. The van der Waals surface area contributed by atoms with Crippen LogP contribution >= 0.6 is 0 Å². The van der Waals surface area contributed by atoms with Crippen LogP contribution in [0.5, 0.6) is 0 Å². The van der Waals surface area contributed by atoms with Crippen LogP contribution in [0, 0.1) is 5.92 Å². The summed E-state index contributed by atoms with van der Waals surface area (Å²) in [5.41, 5.74) is 0.121. The van der Waals surface area contributed by atoms with E-state index >= 15 is 0 Å². The van der Waals surface area contributed by atoms with Gasteiger partial charge >= 0.3 is 12.2 Å². The van der Waals surface area contributed by atoms with Gasteiger partial charge < -0.3 is 29.4 Å². The van der Waals surface area contributed by atoms with Crippen LogP contribution in [0.15, 0.2) is 29.3 Å². The zero-order valence-electron chi connectivity index (χ0n) is 20.4. The van der Waals surface area contributed by atoms with Gasteiger partial charge in [-0.3, -0.25) is 4.79 Å². The van der Waals surface area contributed by atoms with Crippen LogP contribution in [-0.4, -0.2) is 63.7 Å². The first kappa shape index (κ1) is 25.5. The number of piperidine rings is 1. The lowest BCUT2D eigenvalue weighted by Crippen LogP contribution is -2.52. The van der Waals surface area contributed by atoms with Crippen molar-refractivity contribution in [2.24, 2.45) is 13.0 Å². The number of nitrogens with zero attached hydrogens (tertiary/aromatic N) is 5. The Morgan fingerprint density at radius 2 is 2.11 bits per heavy atom. The summed E-state index contributed by atoms with van der Waals surface area (Å²) >= 11 is 0. The number of hydrogen-bond donors (Lipinski definition) is 2. The number of rotatable bonds is 5. The van der Waals surface area contributed by atoms with Crippen molar-refractivity contribution >= 4 is 28.7 Å². The third-order valence-electron chi connectivity index (χ3n) is 6.43. The quantitative estimate of drug-likeness (QED) is 0.549. The predicted molar refractivity (Wildman–Crippen MR) is 128 cm³/mol. The van der Waals surface area contributed by atoms with Gasteiger partial charge in [0.25, 0.3) is 5.56 Å². The van der Waals surface area contributed by atoms with Gasteiger partial charge in [-0.05, 0) is 24.5 Å². The summed E-state index contributed by atoms with van der Waals surface area (Å²) in [5, 5.41) is 2.36. The van der Waals surface area contributed by atoms with Crippen LogP contribution in [0.2, 0.25) is 0 Å². The number of methoxy groups -OCH3 is 1. The van der Waals surface area contributed by atoms with E-state index in [2.05, 4.69) is 20.2 Å². The molecule has 3 aromatic rings. The molecule has 0 spiro atoms. The van der Waals surface area contributed by atoms with Crippen molar-refractivity contribution < 1.29 is 22.7 Å². The number of pyridine rings is 1. The Morgan fingerprint density at radius 1 is 1.36 bits per heavy atom. The molecule has 2 N–H and O–H groups in total. The van der Waals surface area contributed by atoms with Crippen molar-refractivity contribution in [3.63, 3.8) is 0 Å². The molecule has 0 aromatic carbocycles. The van der Waals surface area contributed by atoms with E-state index in [9.17, 15) is 22.8 Å². The lowest BCUT2D eigenvalue weighted by molar-refractivity contribution is -0.138. The van der Waals surface area contributed by atoms with E-state index in [1.807, 2.05) is 13.0 Å². The maximum atomic E-state index is 13.2. The van der Waals surface area contributed by atoms with Gasteiger partial charge in [0.15, 0.2) is 5.65 Å². The summed E-state index contributed by atoms with van der Waals surface area (Å²) in [6.07, 6.45) is -1.64. The first-order valence-corrected chi connectivity index (χ1v) is 11.4. The van der Waals surface area contributed by atoms with Crippen LogP contribution < -0.4 is 15.8 Å². The standard InChI is InChI=1S/C23H28F3N7O3/c1-13-10-33(19-9-27-20-16(29-19)8-15(28-20)12-36-4)6-5-18(13)32(3)22(35)30-17-7-14(23(24,25)26)11-31(2)21(17)34/h7-9,11,13,18H,5-6,10,12H2,1-4H3,(H,27,28)(H,30,35)/t13-,18-/m1/s1. The van der Waals surface area contributed by atoms with E-state index in [-0.39, 0.29) is 12.0 Å². The predicted octanol–water partition coefficient (Wildman–Crippen LogP) is 3.20. The molecule has 0 saturated carbocycles. The summed E-state index contributed by atoms with van der Waals surface area (Å²) in [6, 6.07) is 1.72. The van der Waals surface area contributed by atoms with Crippen LogP contribution in [0.1, 0.15) is 24.6 Å². The van der Waals surface area contributed by atoms with Gasteiger partial charge in [-0.1, -0.05) is 6.92 Å². The normalized spacial score (nSPS) is 18.5. The number of aromatic nitrogens is 4. The molecular weight excluding hydrogens is 479 g/mol. The zero-order valence-corrected chi connectivity index (χ0v) is 20.4. The average Bonchev–Trinajstić information content (AvgIpc) is 3.22. The molecule has 4 heterocycles. The van der Waals surface area contributed by atoms with Crippen LogP contribution in [-0.2, 0) is 24.6 Å². The Balaban J connectivity index is 1.44. The molecule has 0 bridgehead atoms. The topological polar surface area (TPSA) is 108 Å². The van der Waals surface area contributed by atoms with Gasteiger partial charge in [0.2, 0.25) is 0 Å². The van der Waals surface area contributed by atoms with E-state index in [0.717, 1.165) is 21.6 Å². The molecule has 1 aliphatic heterocycles. The number of hydrogen-bond acceptors (Lipinski definition) is 6. The molecule has 1 aliphatic rings. The number of ether oxygens (including phenoxy) is 1. The van der Waals surface area contributed by atoms with Crippen molar-refractivity contribution in [3.8, 4) is 0 Å². The third kappa shape index (κ3) is 5.15. The molecule has 10 nitrogen and oxygen atoms in total. The highest BCUT2D eigenvalue weighted by atomic mass is 19.4. The molecule has 36 heavy (non-hydrogen) atoms. The number of aryl methyl sites for hydroxylation is 1. The number of nitrogens with one attached hydrogen (secondary N) is 2. The summed E-state index contributed by atoms with van der Waals surface area (Å²) < 4.78 is 45.4. The number of H-pyrrole nitrogens is 1. The molecule has 3 aromatic heterocycles. The number of carbonyl (C=O) groups is 1. The third-order valence-corrected chi connectivity index (χ3v) is 6.43. The zero-order chi connectivity index (χ0) is 26.2. The Bertz CT molecular complexity index is 1320. The highest BCUT2D eigenvalue weighted by Gasteiger charge is 2.34. The van der Waals surface area contributed by atoms with E-state index < -0.39 is 29.0 Å². The van der Waals surface area contributed by atoms with Crippen molar-refractivity contribution in [1.82, 2.24) is 24.4 Å². The summed E-state index contributed by atoms with van der Waals surface area (Å²) in [7, 11) is 4.40. The van der Waals surface area contributed by atoms with Gasteiger partial charge in [0, 0.05) is 52.2 Å². The van der Waals surface area contributed by atoms with Crippen LogP contribution in [0.25, 0.3) is 11.2 Å². The van der Waals surface area contributed by atoms with Gasteiger partial charge in [-0.2, -0.15) is 13.2 Å². The number of carbonyl (C=O) groups excluding carboxylic acids is 1. The van der Waals surface area contributed by atoms with Crippen molar-refractivity contribution in [2.45, 2.75) is 32.2 Å². The van der Waals surface area contributed by atoms with Gasteiger partial charge in [0.1, 0.15) is 17.0 Å². The first-order valence-electron chi connectivity index (χ1n) is 11.4. The lowest BCUT2D eigenvalue weighted by Gasteiger charge is -2.41. The fourth-order valence-corrected chi connectivity index (χ4v) is 4.56. The fourth-order valence-electron chi connectivity index (χ4n) is 4.56. The van der Waals surface area contributed by atoms with Crippen LogP contribution in [0.3, 0.4) is 0 Å². The van der Waals surface area contributed by atoms with E-state index in [1.54, 1.807) is 20.4 Å². The van der Waals surface area contributed by atoms with Gasteiger partial charge in [0.05, 0.1) is 18.4 Å². The second-order valence-corrected chi connectivity index (χ2v) is 9.07. The molecule has 1 fully saturated rings. The maximum Gasteiger partial charge on any atom is 0.417 e. The Hall–Kier alpha value is -3.61. The molecular formula is C23H28F3N7O3. The number of anilines is 2. The number of amides is 2. The van der Waals surface area contributed by atoms with Crippen molar-refractivity contribution in [1.29, 1.82) is 0 Å². The number of fused-ring (bicyclic) bond motifs is 1. The maximum absolute atomic E-state index is 13.2. The minimum absolute atomic E-state index is 0.0200. The molecule has 0 aliphatic carbocycles. The van der Waals surface area contributed by atoms with E-state index in [1.165, 1.54) is 11.9 Å². The second kappa shape index (κ2) is 9.80. The molecule has 13 heteroatoms. The van der Waals surface area contributed by atoms with Gasteiger partial charge in [-0.25, -0.2) is 14.8 Å². The highest BCUT2D eigenvalue weighted by Crippen LogP contribution is 2.30. The summed E-state index contributed by atoms with van der Waals surface area (Å²) in [6.45, 7) is 3.62. The molecule has 0 unspecified atom stereocenters. The SMILES string of the molecule is COCc1cc2nc(N3CC[C@@H](N(C)C(=O)Nc4cc(C(F)(F)F)cn(C)c4=O)[C@H](C)C3)cnc2[nH]1. The highest BCUT2D eigenvalue weighted by molar-refractivity contribution is 5.89. The van der Waals surface area contributed by atoms with Gasteiger partial charge in [-0.15, -0.1) is 0 Å². The van der Waals surface area contributed by atoms with Crippen molar-refractivity contribution in [2.75, 3.05) is 37.5 Å². The van der Waals surface area contributed by atoms with Crippen LogP contribution in [0.4, 0.5) is 29.5 Å². The number of alkyl halides is 3.